The van der Waals surface area contributed by atoms with E-state index in [9.17, 15) is 10.1 Å². The third kappa shape index (κ3) is 6.40. The summed E-state index contributed by atoms with van der Waals surface area (Å²) < 4.78 is 4.57. The molecule has 0 spiro atoms. The van der Waals surface area contributed by atoms with E-state index >= 15 is 0 Å². The number of ether oxygens (including phenoxy) is 1. The molecular formula is C9H17O4. The maximum atomic E-state index is 10.3. The smallest absolute Gasteiger partial charge is 0.432 e. The molecule has 0 heterocycles. The van der Waals surface area contributed by atoms with Crippen molar-refractivity contribution in [2.45, 2.75) is 39.5 Å². The van der Waals surface area contributed by atoms with E-state index in [1.54, 1.807) is 0 Å². The van der Waals surface area contributed by atoms with Crippen molar-refractivity contribution in [1.82, 2.24) is 0 Å². The molecule has 0 aromatic rings. The minimum Gasteiger partial charge on any atom is -0.432 e. The molecule has 0 fully saturated rings. The van der Waals surface area contributed by atoms with E-state index in [4.69, 9.17) is 0 Å². The Hall–Kier alpha value is -0.770. The first-order valence-electron chi connectivity index (χ1n) is 4.71. The third-order valence-corrected chi connectivity index (χ3v) is 2.05. The molecule has 0 aromatic heterocycles. The van der Waals surface area contributed by atoms with Gasteiger partial charge < -0.3 is 4.74 Å². The lowest BCUT2D eigenvalue weighted by molar-refractivity contribution is -0.261. The molecule has 4 heteroatoms. The Morgan fingerprint density at radius 2 is 2.08 bits per heavy atom. The molecule has 0 N–H and O–H groups in total. The molecule has 0 saturated carbocycles. The van der Waals surface area contributed by atoms with Crippen LogP contribution < -0.4 is 0 Å². The van der Waals surface area contributed by atoms with Crippen LogP contribution in [0.5, 0.6) is 0 Å². The lowest BCUT2D eigenvalue weighted by Gasteiger charge is -2.12. The number of rotatable bonds is 6. The van der Waals surface area contributed by atoms with Crippen molar-refractivity contribution in [3.8, 4) is 0 Å². The monoisotopic (exact) mass is 189 g/mol. The summed E-state index contributed by atoms with van der Waals surface area (Å²) in [5.41, 5.74) is 0. The second kappa shape index (κ2) is 7.86. The minimum atomic E-state index is -1.13. The lowest BCUT2D eigenvalue weighted by Crippen LogP contribution is -2.13. The predicted molar refractivity (Wildman–Crippen MR) is 46.4 cm³/mol. The summed E-state index contributed by atoms with van der Waals surface area (Å²) >= 11 is 0. The van der Waals surface area contributed by atoms with Gasteiger partial charge in [0.05, 0.1) is 6.61 Å². The van der Waals surface area contributed by atoms with E-state index < -0.39 is 6.16 Å². The van der Waals surface area contributed by atoms with Crippen LogP contribution in [0.4, 0.5) is 4.79 Å². The van der Waals surface area contributed by atoms with Gasteiger partial charge in [-0.25, -0.2) is 9.68 Å². The molecule has 0 aliphatic heterocycles. The van der Waals surface area contributed by atoms with Crippen LogP contribution >= 0.6 is 0 Å². The number of carbonyl (C=O) groups is 1. The van der Waals surface area contributed by atoms with Gasteiger partial charge >= 0.3 is 6.16 Å². The molecule has 1 atom stereocenters. The van der Waals surface area contributed by atoms with Gasteiger partial charge in [-0.2, -0.15) is 0 Å². The predicted octanol–water partition coefficient (Wildman–Crippen LogP) is 2.70. The highest BCUT2D eigenvalue weighted by Crippen LogP contribution is 2.12. The molecule has 1 unspecified atom stereocenters. The highest BCUT2D eigenvalue weighted by atomic mass is 17.1. The zero-order valence-corrected chi connectivity index (χ0v) is 8.25. The molecule has 1 radical (unpaired) electrons. The van der Waals surface area contributed by atoms with E-state index in [0.717, 1.165) is 25.7 Å². The van der Waals surface area contributed by atoms with Crippen molar-refractivity contribution in [2.24, 2.45) is 5.92 Å². The number of unbranched alkanes of at least 4 members (excludes halogenated alkanes) is 1. The first kappa shape index (κ1) is 12.2. The van der Waals surface area contributed by atoms with Crippen LogP contribution in [-0.2, 0) is 14.9 Å². The molecule has 0 aliphatic rings. The molecule has 0 aliphatic carbocycles. The molecule has 0 saturated heterocycles. The first-order valence-corrected chi connectivity index (χ1v) is 4.71. The van der Waals surface area contributed by atoms with Gasteiger partial charge in [-0.05, 0) is 12.3 Å². The van der Waals surface area contributed by atoms with E-state index in [1.165, 1.54) is 0 Å². The molecule has 0 amide bonds. The summed E-state index contributed by atoms with van der Waals surface area (Å²) in [5, 5.41) is 9.57. The third-order valence-electron chi connectivity index (χ3n) is 2.05. The van der Waals surface area contributed by atoms with E-state index in [1.807, 2.05) is 6.92 Å². The van der Waals surface area contributed by atoms with Gasteiger partial charge in [0.15, 0.2) is 0 Å². The molecule has 4 nitrogen and oxygen atoms in total. The maximum absolute atomic E-state index is 10.3. The Balaban J connectivity index is 3.52. The second-order valence-corrected chi connectivity index (χ2v) is 3.06. The lowest BCUT2D eigenvalue weighted by atomic mass is 10.0. The molecule has 0 rings (SSSR count). The maximum Gasteiger partial charge on any atom is 0.542 e. The zero-order valence-electron chi connectivity index (χ0n) is 8.25. The Bertz CT molecular complexity index is 136. The normalized spacial score (nSPS) is 12.2. The number of carbonyl (C=O) groups excluding carboxylic acids is 1. The summed E-state index contributed by atoms with van der Waals surface area (Å²) in [6.45, 7) is 4.43. The fraction of sp³-hybridized carbons (Fsp3) is 0.889. The molecular weight excluding hydrogens is 172 g/mol. The van der Waals surface area contributed by atoms with Gasteiger partial charge in [0.2, 0.25) is 0 Å². The Morgan fingerprint density at radius 1 is 1.38 bits per heavy atom. The fourth-order valence-corrected chi connectivity index (χ4v) is 1.11. The van der Waals surface area contributed by atoms with Gasteiger partial charge in [0.25, 0.3) is 0 Å². The van der Waals surface area contributed by atoms with Crippen molar-refractivity contribution in [2.75, 3.05) is 6.61 Å². The number of hydrogen-bond acceptors (Lipinski definition) is 3. The Kier molecular flexibility index (Phi) is 7.39. The van der Waals surface area contributed by atoms with Crippen LogP contribution in [0.25, 0.3) is 0 Å². The SMILES string of the molecule is CCCCC(CC)COC(=O)O[O]. The quantitative estimate of drug-likeness (QED) is 0.366. The van der Waals surface area contributed by atoms with Crippen molar-refractivity contribution < 1.29 is 19.7 Å². The van der Waals surface area contributed by atoms with Crippen molar-refractivity contribution >= 4 is 6.16 Å². The van der Waals surface area contributed by atoms with Gasteiger partial charge in [-0.15, -0.1) is 0 Å². The molecule has 13 heavy (non-hydrogen) atoms. The summed E-state index contributed by atoms with van der Waals surface area (Å²) in [6.07, 6.45) is 3.09. The van der Waals surface area contributed by atoms with Gasteiger partial charge in [-0.3, -0.25) is 0 Å². The summed E-state index contributed by atoms with van der Waals surface area (Å²) in [4.78, 5) is 13.5. The Labute approximate surface area is 78.8 Å². The van der Waals surface area contributed by atoms with Crippen LogP contribution in [0, 0.1) is 5.92 Å². The summed E-state index contributed by atoms with van der Waals surface area (Å²) in [7, 11) is 0. The largest absolute Gasteiger partial charge is 0.542 e. The van der Waals surface area contributed by atoms with Crippen LogP contribution in [0.1, 0.15) is 39.5 Å². The fourth-order valence-electron chi connectivity index (χ4n) is 1.11. The average Bonchev–Trinajstić information content (AvgIpc) is 2.17. The zero-order chi connectivity index (χ0) is 10.1. The van der Waals surface area contributed by atoms with Crippen molar-refractivity contribution in [3.63, 3.8) is 0 Å². The highest BCUT2D eigenvalue weighted by molar-refractivity contribution is 5.58. The van der Waals surface area contributed by atoms with Crippen molar-refractivity contribution in [3.05, 3.63) is 0 Å². The number of hydrogen-bond donors (Lipinski definition) is 0. The van der Waals surface area contributed by atoms with Crippen molar-refractivity contribution in [1.29, 1.82) is 0 Å². The van der Waals surface area contributed by atoms with E-state index in [-0.39, 0.29) is 6.61 Å². The average molecular weight is 189 g/mol. The van der Waals surface area contributed by atoms with Gasteiger partial charge in [0.1, 0.15) is 0 Å². The minimum absolute atomic E-state index is 0.289. The second-order valence-electron chi connectivity index (χ2n) is 3.06. The van der Waals surface area contributed by atoms with Crippen LogP contribution in [0.15, 0.2) is 0 Å². The van der Waals surface area contributed by atoms with Crippen LogP contribution in [0.3, 0.4) is 0 Å². The molecule has 0 bridgehead atoms. The van der Waals surface area contributed by atoms with Gasteiger partial charge in [-0.1, -0.05) is 33.1 Å². The first-order chi connectivity index (χ1) is 6.24. The van der Waals surface area contributed by atoms with E-state index in [2.05, 4.69) is 16.5 Å². The summed E-state index contributed by atoms with van der Waals surface area (Å²) in [5.74, 6) is 0.346. The van der Waals surface area contributed by atoms with E-state index in [0.29, 0.717) is 5.92 Å². The molecule has 0 aromatic carbocycles. The summed E-state index contributed by atoms with van der Waals surface area (Å²) in [6, 6.07) is 0. The van der Waals surface area contributed by atoms with Gasteiger partial charge in [0, 0.05) is 5.26 Å². The van der Waals surface area contributed by atoms with Crippen LogP contribution in [-0.4, -0.2) is 12.8 Å². The van der Waals surface area contributed by atoms with Crippen LogP contribution in [0.2, 0.25) is 0 Å². The molecule has 77 valence electrons. The highest BCUT2D eigenvalue weighted by Gasteiger charge is 2.10. The topological polar surface area (TPSA) is 55.4 Å². The Morgan fingerprint density at radius 3 is 2.54 bits per heavy atom. The standard InChI is InChI=1S/C9H17O4/c1-3-5-6-8(4-2)7-12-9(10)13-11/h8H,3-7H2,1-2H3.